The normalized spacial score (nSPS) is 18.9. The Hall–Kier alpha value is -3.97. The zero-order valence-electron chi connectivity index (χ0n) is 25.7. The number of nitrogens with zero attached hydrogens (tertiary/aromatic N) is 4. The number of anilines is 1. The average Bonchev–Trinajstić information content (AvgIpc) is 3.80. The third-order valence-electron chi connectivity index (χ3n) is 10.1. The highest BCUT2D eigenvalue weighted by molar-refractivity contribution is 6.38. The molecule has 242 valence electrons. The molecule has 0 saturated carbocycles. The summed E-state index contributed by atoms with van der Waals surface area (Å²) in [7, 11) is 0. The first-order valence-electron chi connectivity index (χ1n) is 15.9. The van der Waals surface area contributed by atoms with Crippen molar-refractivity contribution in [3.63, 3.8) is 0 Å². The number of likely N-dealkylation sites (tertiary alicyclic amines) is 1. The number of amides is 1. The zero-order valence-corrected chi connectivity index (χ0v) is 27.2. The van der Waals surface area contributed by atoms with Crippen molar-refractivity contribution in [3.05, 3.63) is 76.3 Å². The van der Waals surface area contributed by atoms with Crippen LogP contribution in [-0.4, -0.2) is 65.1 Å². The molecule has 3 aromatic carbocycles. The number of carbonyl (C=O) groups excluding carboxylic acids is 1. The van der Waals surface area contributed by atoms with Gasteiger partial charge in [0.25, 0.3) is 5.91 Å². The first-order chi connectivity index (χ1) is 22.7. The third kappa shape index (κ3) is 5.56. The molecule has 4 aromatic rings. The predicted octanol–water partition coefficient (Wildman–Crippen LogP) is 8.27. The standard InChI is InChI=1S/C36H33Cl2F2N5O2/c1-21(39)35(46)45-15-3-7-23(45)19-42-33-26-16-28(37)25(24-8-2-6-22-9-10-29(40)32(38)31(22)24)17-30(26)43-34(27(33)18-41)47-20-36-11-4-13-44(36)14-5-12-36/h2,6,8-10,16-17,23H,1,3-5,7,11-15,19-20H2,(H,42,43)/t23-/m0/s1. The minimum Gasteiger partial charge on any atom is -0.475 e. The Bertz CT molecular complexity index is 1970. The molecule has 0 aliphatic carbocycles. The van der Waals surface area contributed by atoms with E-state index in [2.05, 4.69) is 22.9 Å². The fraction of sp³-hybridized carbons (Fsp3) is 0.361. The van der Waals surface area contributed by atoms with E-state index >= 15 is 0 Å². The van der Waals surface area contributed by atoms with Crippen LogP contribution in [0.1, 0.15) is 44.1 Å². The van der Waals surface area contributed by atoms with Crippen LogP contribution < -0.4 is 10.1 Å². The van der Waals surface area contributed by atoms with E-state index < -0.39 is 17.6 Å². The maximum absolute atomic E-state index is 14.6. The summed E-state index contributed by atoms with van der Waals surface area (Å²) >= 11 is 13.4. The number of halogens is 4. The Morgan fingerprint density at radius 3 is 2.66 bits per heavy atom. The van der Waals surface area contributed by atoms with Crippen molar-refractivity contribution in [2.45, 2.75) is 50.1 Å². The van der Waals surface area contributed by atoms with Crippen molar-refractivity contribution in [1.29, 1.82) is 5.26 Å². The van der Waals surface area contributed by atoms with Crippen molar-refractivity contribution in [3.8, 4) is 23.1 Å². The second-order valence-corrected chi connectivity index (χ2v) is 13.5. The van der Waals surface area contributed by atoms with Crippen LogP contribution in [0.3, 0.4) is 0 Å². The molecule has 47 heavy (non-hydrogen) atoms. The summed E-state index contributed by atoms with van der Waals surface area (Å²) < 4.78 is 34.9. The molecule has 0 bridgehead atoms. The Kier molecular flexibility index (Phi) is 8.46. The number of aromatic nitrogens is 1. The second kappa shape index (κ2) is 12.6. The van der Waals surface area contributed by atoms with Gasteiger partial charge in [-0.3, -0.25) is 9.69 Å². The van der Waals surface area contributed by atoms with Crippen molar-refractivity contribution >= 4 is 56.5 Å². The van der Waals surface area contributed by atoms with Crippen LogP contribution >= 0.6 is 23.2 Å². The molecule has 3 fully saturated rings. The van der Waals surface area contributed by atoms with E-state index in [9.17, 15) is 18.8 Å². The Balaban J connectivity index is 1.34. The van der Waals surface area contributed by atoms with Crippen molar-refractivity contribution in [2.24, 2.45) is 0 Å². The number of hydrogen-bond acceptors (Lipinski definition) is 6. The second-order valence-electron chi connectivity index (χ2n) is 12.7. The molecular weight excluding hydrogens is 643 g/mol. The zero-order chi connectivity index (χ0) is 32.9. The van der Waals surface area contributed by atoms with Crippen LogP contribution in [0.2, 0.25) is 10.0 Å². The lowest BCUT2D eigenvalue weighted by molar-refractivity contribution is -0.129. The third-order valence-corrected chi connectivity index (χ3v) is 10.7. The number of pyridine rings is 1. The number of nitrogens with one attached hydrogen (secondary N) is 1. The summed E-state index contributed by atoms with van der Waals surface area (Å²) in [6, 6.07) is 14.1. The van der Waals surface area contributed by atoms with Crippen LogP contribution in [0.4, 0.5) is 14.5 Å². The van der Waals surface area contributed by atoms with Gasteiger partial charge in [0, 0.05) is 40.5 Å². The van der Waals surface area contributed by atoms with Crippen molar-refractivity contribution < 1.29 is 18.3 Å². The SMILES string of the molecule is C=C(F)C(=O)N1CCC[C@H]1CNc1c(C#N)c(OCC23CCCN2CCC3)nc2cc(-c3cccc4ccc(F)c(Cl)c34)c(Cl)cc12. The summed E-state index contributed by atoms with van der Waals surface area (Å²) in [6.45, 7) is 6.34. The molecule has 3 saturated heterocycles. The number of nitriles is 1. The van der Waals surface area contributed by atoms with E-state index in [1.54, 1.807) is 18.2 Å². The number of fused-ring (bicyclic) bond motifs is 3. The van der Waals surface area contributed by atoms with E-state index in [1.807, 2.05) is 18.2 Å². The van der Waals surface area contributed by atoms with E-state index in [-0.39, 0.29) is 34.6 Å². The number of hydrogen-bond donors (Lipinski definition) is 1. The van der Waals surface area contributed by atoms with Crippen LogP contribution in [-0.2, 0) is 4.79 Å². The number of benzene rings is 3. The van der Waals surface area contributed by atoms with Crippen molar-refractivity contribution in [2.75, 3.05) is 38.1 Å². The molecule has 7 rings (SSSR count). The van der Waals surface area contributed by atoms with E-state index in [4.69, 9.17) is 32.9 Å². The predicted molar refractivity (Wildman–Crippen MR) is 181 cm³/mol. The van der Waals surface area contributed by atoms with Crippen molar-refractivity contribution in [1.82, 2.24) is 14.8 Å². The molecule has 0 unspecified atom stereocenters. The maximum atomic E-state index is 14.6. The highest BCUT2D eigenvalue weighted by Crippen LogP contribution is 2.44. The van der Waals surface area contributed by atoms with Gasteiger partial charge in [0.05, 0.1) is 21.8 Å². The van der Waals surface area contributed by atoms with Gasteiger partial charge >= 0.3 is 0 Å². The lowest BCUT2D eigenvalue weighted by atomic mass is 9.95. The lowest BCUT2D eigenvalue weighted by Crippen LogP contribution is -2.43. The van der Waals surface area contributed by atoms with E-state index in [0.29, 0.717) is 57.7 Å². The van der Waals surface area contributed by atoms with Crippen LogP contribution in [0, 0.1) is 17.1 Å². The van der Waals surface area contributed by atoms with Crippen LogP contribution in [0.25, 0.3) is 32.8 Å². The fourth-order valence-corrected chi connectivity index (χ4v) is 8.29. The Morgan fingerprint density at radius 2 is 1.91 bits per heavy atom. The fourth-order valence-electron chi connectivity index (χ4n) is 7.75. The lowest BCUT2D eigenvalue weighted by Gasteiger charge is -2.31. The van der Waals surface area contributed by atoms with E-state index in [0.717, 1.165) is 50.6 Å². The van der Waals surface area contributed by atoms with Gasteiger partial charge in [-0.25, -0.2) is 13.8 Å². The summed E-state index contributed by atoms with van der Waals surface area (Å²) in [5.41, 5.74) is 2.35. The van der Waals surface area contributed by atoms with Gasteiger partial charge in [0.1, 0.15) is 24.1 Å². The maximum Gasteiger partial charge on any atom is 0.282 e. The molecule has 0 spiro atoms. The van der Waals surface area contributed by atoms with Crippen LogP contribution in [0.15, 0.2) is 54.9 Å². The summed E-state index contributed by atoms with van der Waals surface area (Å²) in [5.74, 6) is -2.07. The van der Waals surface area contributed by atoms with Gasteiger partial charge in [-0.15, -0.1) is 0 Å². The molecule has 11 heteroatoms. The van der Waals surface area contributed by atoms with Gasteiger partial charge in [-0.2, -0.15) is 5.26 Å². The smallest absolute Gasteiger partial charge is 0.282 e. The molecule has 3 aliphatic rings. The molecule has 1 N–H and O–H groups in total. The average molecular weight is 677 g/mol. The minimum absolute atomic E-state index is 0.00278. The number of rotatable bonds is 8. The Morgan fingerprint density at radius 1 is 1.13 bits per heavy atom. The molecule has 0 radical (unpaired) electrons. The van der Waals surface area contributed by atoms with Gasteiger partial charge in [0.15, 0.2) is 5.83 Å². The minimum atomic E-state index is -1.00. The van der Waals surface area contributed by atoms with Gasteiger partial charge < -0.3 is 15.0 Å². The molecule has 1 atom stereocenters. The molecule has 4 heterocycles. The number of carbonyl (C=O) groups is 1. The first-order valence-corrected chi connectivity index (χ1v) is 16.7. The molecule has 1 aromatic heterocycles. The van der Waals surface area contributed by atoms with Gasteiger partial charge in [-0.1, -0.05) is 54.0 Å². The highest BCUT2D eigenvalue weighted by Gasteiger charge is 2.45. The largest absolute Gasteiger partial charge is 0.475 e. The highest BCUT2D eigenvalue weighted by atomic mass is 35.5. The molecule has 3 aliphatic heterocycles. The topological polar surface area (TPSA) is 81.5 Å². The monoisotopic (exact) mass is 675 g/mol. The first kappa shape index (κ1) is 31.6. The molecule has 7 nitrogen and oxygen atoms in total. The molecule has 1 amide bonds. The van der Waals surface area contributed by atoms with E-state index in [1.165, 1.54) is 11.0 Å². The summed E-state index contributed by atoms with van der Waals surface area (Å²) in [4.78, 5) is 21.3. The Labute approximate surface area is 281 Å². The summed E-state index contributed by atoms with van der Waals surface area (Å²) in [5, 5.41) is 16.1. The summed E-state index contributed by atoms with van der Waals surface area (Å²) in [6.07, 6.45) is 5.65. The van der Waals surface area contributed by atoms with Gasteiger partial charge in [0.2, 0.25) is 5.88 Å². The molecular formula is C36H33Cl2F2N5O2. The quantitative estimate of drug-likeness (QED) is 0.189. The van der Waals surface area contributed by atoms with Gasteiger partial charge in [-0.05, 0) is 80.8 Å². The number of ether oxygens (including phenoxy) is 1. The van der Waals surface area contributed by atoms with Crippen LogP contribution in [0.5, 0.6) is 5.88 Å².